The zero-order valence-electron chi connectivity index (χ0n) is 12.7. The molecule has 3 N–H and O–H groups in total. The van der Waals surface area contributed by atoms with Gasteiger partial charge in [0.2, 0.25) is 5.91 Å². The third-order valence-electron chi connectivity index (χ3n) is 3.82. The van der Waals surface area contributed by atoms with Gasteiger partial charge in [-0.05, 0) is 31.0 Å². The van der Waals surface area contributed by atoms with Crippen LogP contribution in [0.5, 0.6) is 0 Å². The number of hydrogen-bond donors (Lipinski definition) is 2. The van der Waals surface area contributed by atoms with Crippen LogP contribution in [-0.2, 0) is 4.79 Å². The third kappa shape index (κ3) is 2.94. The van der Waals surface area contributed by atoms with Gasteiger partial charge in [0.25, 0.3) is 5.91 Å². The maximum atomic E-state index is 12.6. The SMILES string of the molecule is CNC(=O)C1CCCN1C(=O)c1ccc(N(C)C)c(N)c1. The second-order valence-electron chi connectivity index (χ2n) is 5.44. The predicted molar refractivity (Wildman–Crippen MR) is 83.3 cm³/mol. The fourth-order valence-corrected chi connectivity index (χ4v) is 2.71. The summed E-state index contributed by atoms with van der Waals surface area (Å²) in [5.74, 6) is -0.253. The highest BCUT2D eigenvalue weighted by atomic mass is 16.2. The lowest BCUT2D eigenvalue weighted by Crippen LogP contribution is -2.44. The molecule has 1 heterocycles. The van der Waals surface area contributed by atoms with Crippen LogP contribution in [0.2, 0.25) is 0 Å². The van der Waals surface area contributed by atoms with Crippen LogP contribution in [0.4, 0.5) is 11.4 Å². The van der Waals surface area contributed by atoms with Crippen LogP contribution >= 0.6 is 0 Å². The van der Waals surface area contributed by atoms with Crippen LogP contribution in [-0.4, -0.2) is 50.4 Å². The van der Waals surface area contributed by atoms with Gasteiger partial charge >= 0.3 is 0 Å². The Bertz CT molecular complexity index is 557. The van der Waals surface area contributed by atoms with E-state index in [2.05, 4.69) is 5.32 Å². The molecule has 6 nitrogen and oxygen atoms in total. The first-order valence-corrected chi connectivity index (χ1v) is 7.05. The second kappa shape index (κ2) is 6.03. The molecule has 1 fully saturated rings. The number of amides is 2. The van der Waals surface area contributed by atoms with E-state index < -0.39 is 0 Å². The molecule has 0 aliphatic carbocycles. The number of carbonyl (C=O) groups excluding carboxylic acids is 2. The molecule has 1 unspecified atom stereocenters. The van der Waals surface area contributed by atoms with E-state index in [1.807, 2.05) is 25.1 Å². The van der Waals surface area contributed by atoms with Crippen LogP contribution in [0.1, 0.15) is 23.2 Å². The summed E-state index contributed by atoms with van der Waals surface area (Å²) in [7, 11) is 5.39. The molecule has 2 amide bonds. The van der Waals surface area contributed by atoms with Crippen molar-refractivity contribution in [2.45, 2.75) is 18.9 Å². The number of benzene rings is 1. The number of hydrogen-bond acceptors (Lipinski definition) is 4. The van der Waals surface area contributed by atoms with Crippen molar-refractivity contribution in [2.75, 3.05) is 38.3 Å². The number of nitrogens with two attached hydrogens (primary N) is 1. The first kappa shape index (κ1) is 15.2. The van der Waals surface area contributed by atoms with Gasteiger partial charge in [0.1, 0.15) is 6.04 Å². The Morgan fingerprint density at radius 2 is 2.10 bits per heavy atom. The molecule has 1 aliphatic heterocycles. The van der Waals surface area contributed by atoms with Gasteiger partial charge in [-0.2, -0.15) is 0 Å². The Hall–Kier alpha value is -2.24. The molecule has 21 heavy (non-hydrogen) atoms. The fraction of sp³-hybridized carbons (Fsp3) is 0.467. The summed E-state index contributed by atoms with van der Waals surface area (Å²) in [5, 5.41) is 2.61. The summed E-state index contributed by atoms with van der Waals surface area (Å²) in [6.07, 6.45) is 1.55. The molecule has 1 aliphatic rings. The lowest BCUT2D eigenvalue weighted by molar-refractivity contribution is -0.124. The van der Waals surface area contributed by atoms with Gasteiger partial charge in [-0.3, -0.25) is 9.59 Å². The van der Waals surface area contributed by atoms with Gasteiger partial charge in [-0.15, -0.1) is 0 Å². The van der Waals surface area contributed by atoms with Gasteiger partial charge in [0, 0.05) is 33.3 Å². The second-order valence-corrected chi connectivity index (χ2v) is 5.44. The molecule has 1 saturated heterocycles. The number of anilines is 2. The van der Waals surface area contributed by atoms with Crippen LogP contribution < -0.4 is 16.0 Å². The smallest absolute Gasteiger partial charge is 0.254 e. The maximum Gasteiger partial charge on any atom is 0.254 e. The van der Waals surface area contributed by atoms with Crippen molar-refractivity contribution in [1.29, 1.82) is 0 Å². The summed E-state index contributed by atoms with van der Waals surface area (Å²) >= 11 is 0. The first-order valence-electron chi connectivity index (χ1n) is 7.05. The van der Waals surface area contributed by atoms with Gasteiger partial charge in [0.05, 0.1) is 11.4 Å². The van der Waals surface area contributed by atoms with Crippen LogP contribution in [0.3, 0.4) is 0 Å². The molecule has 0 bridgehead atoms. The van der Waals surface area contributed by atoms with Crippen molar-refractivity contribution < 1.29 is 9.59 Å². The number of likely N-dealkylation sites (tertiary alicyclic amines) is 1. The van der Waals surface area contributed by atoms with Gasteiger partial charge in [-0.1, -0.05) is 0 Å². The molecule has 6 heteroatoms. The van der Waals surface area contributed by atoms with Gasteiger partial charge in [-0.25, -0.2) is 0 Å². The summed E-state index contributed by atoms with van der Waals surface area (Å²) < 4.78 is 0. The Morgan fingerprint density at radius 3 is 2.67 bits per heavy atom. The monoisotopic (exact) mass is 290 g/mol. The highest BCUT2D eigenvalue weighted by Crippen LogP contribution is 2.25. The molecule has 114 valence electrons. The van der Waals surface area contributed by atoms with E-state index in [4.69, 9.17) is 5.73 Å². The van der Waals surface area contributed by atoms with Crippen LogP contribution in [0.15, 0.2) is 18.2 Å². The molecule has 1 atom stereocenters. The Labute approximate surface area is 124 Å². The molecule has 0 radical (unpaired) electrons. The Balaban J connectivity index is 2.23. The number of nitrogen functional groups attached to an aromatic ring is 1. The summed E-state index contributed by atoms with van der Waals surface area (Å²) in [6.45, 7) is 0.603. The van der Waals surface area contributed by atoms with E-state index in [-0.39, 0.29) is 17.9 Å². The van der Waals surface area contributed by atoms with E-state index in [1.54, 1.807) is 24.1 Å². The minimum Gasteiger partial charge on any atom is -0.397 e. The third-order valence-corrected chi connectivity index (χ3v) is 3.82. The number of likely N-dealkylation sites (N-methyl/N-ethyl adjacent to an activating group) is 1. The summed E-state index contributed by atoms with van der Waals surface area (Å²) in [6, 6.07) is 4.88. The molecule has 0 aromatic heterocycles. The lowest BCUT2D eigenvalue weighted by atomic mass is 10.1. The highest BCUT2D eigenvalue weighted by Gasteiger charge is 2.34. The van der Waals surface area contributed by atoms with Crippen molar-refractivity contribution in [1.82, 2.24) is 10.2 Å². The van der Waals surface area contributed by atoms with Gasteiger partial charge in [0.15, 0.2) is 0 Å². The summed E-state index contributed by atoms with van der Waals surface area (Å²) in [4.78, 5) is 27.9. The van der Waals surface area contributed by atoms with E-state index in [9.17, 15) is 9.59 Å². The van der Waals surface area contributed by atoms with Crippen molar-refractivity contribution in [3.05, 3.63) is 23.8 Å². The van der Waals surface area contributed by atoms with Crippen LogP contribution in [0, 0.1) is 0 Å². The minimum absolute atomic E-state index is 0.112. The maximum absolute atomic E-state index is 12.6. The molecule has 1 aromatic rings. The Morgan fingerprint density at radius 1 is 1.38 bits per heavy atom. The van der Waals surface area contributed by atoms with Crippen molar-refractivity contribution in [2.24, 2.45) is 0 Å². The average molecular weight is 290 g/mol. The molecule has 0 saturated carbocycles. The van der Waals surface area contributed by atoms with E-state index in [0.29, 0.717) is 24.2 Å². The van der Waals surface area contributed by atoms with Crippen molar-refractivity contribution in [3.8, 4) is 0 Å². The molecule has 1 aromatic carbocycles. The zero-order valence-corrected chi connectivity index (χ0v) is 12.7. The predicted octanol–water partition coefficient (Wildman–Crippen LogP) is 0.685. The topological polar surface area (TPSA) is 78.7 Å². The molecule has 2 rings (SSSR count). The average Bonchev–Trinajstić information content (AvgIpc) is 2.94. The largest absolute Gasteiger partial charge is 0.397 e. The van der Waals surface area contributed by atoms with Gasteiger partial charge < -0.3 is 20.9 Å². The highest BCUT2D eigenvalue weighted by molar-refractivity contribution is 5.99. The molecular formula is C15H22N4O2. The minimum atomic E-state index is -0.378. The van der Waals surface area contributed by atoms with Crippen molar-refractivity contribution >= 4 is 23.2 Å². The number of nitrogens with zero attached hydrogens (tertiary/aromatic N) is 2. The molecule has 0 spiro atoms. The standard InChI is InChI=1S/C15H22N4O2/c1-17-14(20)13-5-4-8-19(13)15(21)10-6-7-12(18(2)3)11(16)9-10/h6-7,9,13H,4-5,8,16H2,1-3H3,(H,17,20). The zero-order chi connectivity index (χ0) is 15.6. The van der Waals surface area contributed by atoms with E-state index in [0.717, 1.165) is 12.1 Å². The van der Waals surface area contributed by atoms with Crippen molar-refractivity contribution in [3.63, 3.8) is 0 Å². The number of rotatable bonds is 3. The van der Waals surface area contributed by atoms with Crippen LogP contribution in [0.25, 0.3) is 0 Å². The quantitative estimate of drug-likeness (QED) is 0.803. The normalized spacial score (nSPS) is 17.7. The van der Waals surface area contributed by atoms with E-state index >= 15 is 0 Å². The van der Waals surface area contributed by atoms with E-state index in [1.165, 1.54) is 0 Å². The Kier molecular flexibility index (Phi) is 4.35. The molecular weight excluding hydrogens is 268 g/mol. The summed E-state index contributed by atoms with van der Waals surface area (Å²) in [5.41, 5.74) is 7.94. The fourth-order valence-electron chi connectivity index (χ4n) is 2.71. The first-order chi connectivity index (χ1) is 9.95. The number of carbonyl (C=O) groups is 2. The number of nitrogens with one attached hydrogen (secondary N) is 1. The lowest BCUT2D eigenvalue weighted by Gasteiger charge is -2.24.